The maximum absolute atomic E-state index is 10.3. The van der Waals surface area contributed by atoms with Crippen LogP contribution < -0.4 is 0 Å². The zero-order valence-corrected chi connectivity index (χ0v) is 11.7. The van der Waals surface area contributed by atoms with E-state index in [2.05, 4.69) is 54.7 Å². The fraction of sp³-hybridized carbons (Fsp3) is 1.00. The molecule has 0 spiro atoms. The predicted octanol–water partition coefficient (Wildman–Crippen LogP) is 3.77. The van der Waals surface area contributed by atoms with Gasteiger partial charge in [0.1, 0.15) is 5.60 Å². The summed E-state index contributed by atoms with van der Waals surface area (Å²) in [5.41, 5.74) is -0.675. The summed E-state index contributed by atoms with van der Waals surface area (Å²) in [6.45, 7) is 2.09. The molecular formula is C8H13Br3O. The lowest BCUT2D eigenvalue weighted by atomic mass is 9.78. The maximum atomic E-state index is 10.3. The number of rotatable bonds is 0. The summed E-state index contributed by atoms with van der Waals surface area (Å²) >= 11 is 10.3. The maximum Gasteiger partial charge on any atom is 0.163 e. The van der Waals surface area contributed by atoms with Crippen LogP contribution in [0.2, 0.25) is 0 Å². The van der Waals surface area contributed by atoms with E-state index in [0.717, 1.165) is 19.3 Å². The summed E-state index contributed by atoms with van der Waals surface area (Å²) in [6, 6.07) is 0. The van der Waals surface area contributed by atoms with Gasteiger partial charge in [-0.1, -0.05) is 67.6 Å². The molecule has 72 valence electrons. The molecule has 0 aromatic heterocycles. The van der Waals surface area contributed by atoms with Crippen LogP contribution in [0.1, 0.15) is 32.6 Å². The Hall–Kier alpha value is 1.40. The normalized spacial score (nSPS) is 38.2. The summed E-state index contributed by atoms with van der Waals surface area (Å²) in [4.78, 5) is 0. The highest BCUT2D eigenvalue weighted by atomic mass is 80.0. The van der Waals surface area contributed by atoms with E-state index in [9.17, 15) is 5.11 Å². The van der Waals surface area contributed by atoms with Crippen LogP contribution in [0.5, 0.6) is 0 Å². The standard InChI is InChI=1S/C8H13Br3O/c1-6-4-2-3-5-7(6,12)8(9,10)11/h6,12H,2-5H2,1H3. The van der Waals surface area contributed by atoms with Gasteiger partial charge in [-0.05, 0) is 18.8 Å². The summed E-state index contributed by atoms with van der Waals surface area (Å²) in [5, 5.41) is 10.3. The van der Waals surface area contributed by atoms with Crippen LogP contribution in [0.3, 0.4) is 0 Å². The topological polar surface area (TPSA) is 20.2 Å². The molecule has 1 fully saturated rings. The third kappa shape index (κ3) is 2.07. The fourth-order valence-corrected chi connectivity index (χ4v) is 3.52. The average molecular weight is 365 g/mol. The Morgan fingerprint density at radius 1 is 1.33 bits per heavy atom. The van der Waals surface area contributed by atoms with Crippen molar-refractivity contribution in [3.63, 3.8) is 0 Å². The molecule has 2 atom stereocenters. The van der Waals surface area contributed by atoms with E-state index in [4.69, 9.17) is 0 Å². The van der Waals surface area contributed by atoms with E-state index in [-0.39, 0.29) is 0 Å². The Balaban J connectivity index is 2.79. The van der Waals surface area contributed by atoms with Crippen molar-refractivity contribution in [2.45, 2.75) is 40.4 Å². The average Bonchev–Trinajstić information content (AvgIpc) is 1.93. The number of hydrogen-bond acceptors (Lipinski definition) is 1. The molecule has 1 nitrogen and oxygen atoms in total. The van der Waals surface area contributed by atoms with Crippen molar-refractivity contribution in [1.82, 2.24) is 0 Å². The molecule has 0 amide bonds. The van der Waals surface area contributed by atoms with Crippen molar-refractivity contribution in [3.05, 3.63) is 0 Å². The first-order valence-electron chi connectivity index (χ1n) is 4.17. The van der Waals surface area contributed by atoms with E-state index in [1.165, 1.54) is 6.42 Å². The summed E-state index contributed by atoms with van der Waals surface area (Å²) in [5.74, 6) is 0.323. The minimum atomic E-state index is -0.675. The van der Waals surface area contributed by atoms with Gasteiger partial charge in [0, 0.05) is 0 Å². The Bertz CT molecular complexity index is 166. The molecule has 0 aromatic rings. The van der Waals surface area contributed by atoms with Gasteiger partial charge in [0.2, 0.25) is 0 Å². The van der Waals surface area contributed by atoms with Gasteiger partial charge in [-0.15, -0.1) is 0 Å². The molecule has 1 saturated carbocycles. The van der Waals surface area contributed by atoms with Gasteiger partial charge in [-0.3, -0.25) is 0 Å². The minimum Gasteiger partial charge on any atom is -0.386 e. The van der Waals surface area contributed by atoms with Gasteiger partial charge < -0.3 is 5.11 Å². The van der Waals surface area contributed by atoms with Crippen LogP contribution in [-0.4, -0.2) is 12.9 Å². The van der Waals surface area contributed by atoms with Crippen molar-refractivity contribution in [1.29, 1.82) is 0 Å². The molecule has 0 aromatic carbocycles. The zero-order chi connectivity index (χ0) is 9.41. The van der Waals surface area contributed by atoms with Crippen molar-refractivity contribution < 1.29 is 5.11 Å². The minimum absolute atomic E-state index is 0.323. The number of hydrogen-bond donors (Lipinski definition) is 1. The first-order valence-corrected chi connectivity index (χ1v) is 6.55. The molecule has 0 aliphatic heterocycles. The van der Waals surface area contributed by atoms with Crippen LogP contribution in [-0.2, 0) is 0 Å². The van der Waals surface area contributed by atoms with Gasteiger partial charge in [-0.2, -0.15) is 0 Å². The second-order valence-corrected chi connectivity index (χ2v) is 10.3. The molecule has 4 heteroatoms. The third-order valence-corrected chi connectivity index (χ3v) is 4.81. The first kappa shape index (κ1) is 11.5. The molecule has 0 radical (unpaired) electrons. The predicted molar refractivity (Wildman–Crippen MR) is 62.1 cm³/mol. The Labute approximate surface area is 98.7 Å². The van der Waals surface area contributed by atoms with E-state index in [1.54, 1.807) is 0 Å². The third-order valence-electron chi connectivity index (χ3n) is 2.75. The highest BCUT2D eigenvalue weighted by Crippen LogP contribution is 2.52. The largest absolute Gasteiger partial charge is 0.386 e. The highest BCUT2D eigenvalue weighted by molar-refractivity contribution is 9.39. The molecule has 0 heterocycles. The van der Waals surface area contributed by atoms with Gasteiger partial charge in [0.15, 0.2) is 2.14 Å². The molecule has 2 unspecified atom stereocenters. The molecule has 0 bridgehead atoms. The lowest BCUT2D eigenvalue weighted by Crippen LogP contribution is -2.49. The molecule has 12 heavy (non-hydrogen) atoms. The van der Waals surface area contributed by atoms with Gasteiger partial charge in [0.25, 0.3) is 0 Å². The van der Waals surface area contributed by atoms with Gasteiger partial charge in [-0.25, -0.2) is 0 Å². The second kappa shape index (κ2) is 3.87. The smallest absolute Gasteiger partial charge is 0.163 e. The van der Waals surface area contributed by atoms with Gasteiger partial charge >= 0.3 is 0 Å². The van der Waals surface area contributed by atoms with Crippen LogP contribution >= 0.6 is 47.8 Å². The number of alkyl halides is 3. The molecule has 1 rings (SSSR count). The molecular weight excluding hydrogens is 352 g/mol. The van der Waals surface area contributed by atoms with Crippen LogP contribution in [0.25, 0.3) is 0 Å². The zero-order valence-electron chi connectivity index (χ0n) is 6.99. The second-order valence-electron chi connectivity index (χ2n) is 3.57. The lowest BCUT2D eigenvalue weighted by Gasteiger charge is -2.43. The van der Waals surface area contributed by atoms with E-state index in [0.29, 0.717) is 5.92 Å². The van der Waals surface area contributed by atoms with E-state index in [1.807, 2.05) is 0 Å². The van der Waals surface area contributed by atoms with Crippen LogP contribution in [0.15, 0.2) is 0 Å². The monoisotopic (exact) mass is 362 g/mol. The van der Waals surface area contributed by atoms with Crippen molar-refractivity contribution in [3.8, 4) is 0 Å². The van der Waals surface area contributed by atoms with Crippen molar-refractivity contribution in [2.24, 2.45) is 5.92 Å². The van der Waals surface area contributed by atoms with E-state index < -0.39 is 7.74 Å². The SMILES string of the molecule is CC1CCCCC1(O)C(Br)(Br)Br. The Kier molecular flexibility index (Phi) is 3.70. The number of aliphatic hydroxyl groups is 1. The molecule has 1 aliphatic rings. The highest BCUT2D eigenvalue weighted by Gasteiger charge is 2.49. The summed E-state index contributed by atoms with van der Waals surface area (Å²) in [6.07, 6.45) is 4.27. The van der Waals surface area contributed by atoms with Crippen molar-refractivity contribution in [2.75, 3.05) is 0 Å². The number of halogens is 3. The first-order chi connectivity index (χ1) is 5.38. The van der Waals surface area contributed by atoms with Gasteiger partial charge in [0.05, 0.1) is 0 Å². The molecule has 0 saturated heterocycles. The molecule has 1 N–H and O–H groups in total. The van der Waals surface area contributed by atoms with Crippen LogP contribution in [0.4, 0.5) is 0 Å². The Morgan fingerprint density at radius 3 is 2.25 bits per heavy atom. The molecule has 1 aliphatic carbocycles. The summed E-state index contributed by atoms with van der Waals surface area (Å²) in [7, 11) is 0. The Morgan fingerprint density at radius 2 is 1.92 bits per heavy atom. The lowest BCUT2D eigenvalue weighted by molar-refractivity contribution is -0.0287. The van der Waals surface area contributed by atoms with Crippen LogP contribution in [0, 0.1) is 5.92 Å². The van der Waals surface area contributed by atoms with Crippen molar-refractivity contribution >= 4 is 47.8 Å². The fourth-order valence-electron chi connectivity index (χ4n) is 1.75. The quantitative estimate of drug-likeness (QED) is 0.649. The summed E-state index contributed by atoms with van der Waals surface area (Å²) < 4.78 is -0.528. The van der Waals surface area contributed by atoms with E-state index >= 15 is 0 Å².